The highest BCUT2D eigenvalue weighted by Crippen LogP contribution is 2.43. The third-order valence-corrected chi connectivity index (χ3v) is 8.13. The fourth-order valence-corrected chi connectivity index (χ4v) is 6.54. The second-order valence-corrected chi connectivity index (χ2v) is 9.97. The Bertz CT molecular complexity index is 838. The van der Waals surface area contributed by atoms with E-state index in [2.05, 4.69) is 46.1 Å². The average molecular weight is 396 g/mol. The van der Waals surface area contributed by atoms with Crippen molar-refractivity contribution in [2.45, 2.75) is 70.1 Å². The third kappa shape index (κ3) is 3.64. The highest BCUT2D eigenvalue weighted by Gasteiger charge is 2.43. The summed E-state index contributed by atoms with van der Waals surface area (Å²) < 4.78 is 0. The number of benzene rings is 1. The largest absolute Gasteiger partial charge is 0.393 e. The first-order valence-electron chi connectivity index (χ1n) is 11.8. The number of hydrogen-bond acceptors (Lipinski definition) is 3. The molecular formula is C25H37N3O. The van der Waals surface area contributed by atoms with Gasteiger partial charge in [0.15, 0.2) is 0 Å². The number of hydrogen-bond donors (Lipinski definition) is 2. The first kappa shape index (κ1) is 19.6. The molecule has 1 aromatic heterocycles. The number of aromatic amines is 1. The molecular weight excluding hydrogens is 358 g/mol. The molecule has 0 radical (unpaired) electrons. The van der Waals surface area contributed by atoms with E-state index in [1.165, 1.54) is 60.8 Å². The average Bonchev–Trinajstić information content (AvgIpc) is 3.12. The molecule has 4 heteroatoms. The Morgan fingerprint density at radius 2 is 2.00 bits per heavy atom. The van der Waals surface area contributed by atoms with Crippen LogP contribution in [0.2, 0.25) is 0 Å². The fourth-order valence-electron chi connectivity index (χ4n) is 6.54. The minimum atomic E-state index is -0.251. The summed E-state index contributed by atoms with van der Waals surface area (Å²) in [6.07, 6.45) is 8.98. The molecule has 1 saturated heterocycles. The fraction of sp³-hybridized carbons (Fsp3) is 0.680. The van der Waals surface area contributed by atoms with Crippen molar-refractivity contribution in [1.82, 2.24) is 14.8 Å². The predicted molar refractivity (Wildman–Crippen MR) is 119 cm³/mol. The number of H-pyrrole nitrogens is 1. The van der Waals surface area contributed by atoms with Crippen molar-refractivity contribution in [1.29, 1.82) is 0 Å². The number of aliphatic hydroxyl groups is 1. The van der Waals surface area contributed by atoms with Crippen LogP contribution in [0.3, 0.4) is 0 Å². The SMILES string of the molecule is C[C@H](O)[C@@H]1CN2CCc3c([nH]c4ccccc34)[C@@H]2C[C@@H]1N(C)CC1CCCCC1. The third-order valence-electron chi connectivity index (χ3n) is 8.13. The van der Waals surface area contributed by atoms with E-state index >= 15 is 0 Å². The normalized spacial score (nSPS) is 29.7. The molecule has 2 aromatic rings. The molecule has 4 nitrogen and oxygen atoms in total. The second-order valence-electron chi connectivity index (χ2n) is 9.97. The van der Waals surface area contributed by atoms with Gasteiger partial charge in [-0.15, -0.1) is 0 Å². The molecule has 1 aliphatic carbocycles. The van der Waals surface area contributed by atoms with Crippen molar-refractivity contribution in [2.75, 3.05) is 26.7 Å². The minimum Gasteiger partial charge on any atom is -0.393 e. The number of rotatable bonds is 4. The molecule has 3 aliphatic rings. The Kier molecular flexibility index (Phi) is 5.44. The molecule has 0 amide bonds. The summed E-state index contributed by atoms with van der Waals surface area (Å²) in [7, 11) is 2.32. The first-order valence-corrected chi connectivity index (χ1v) is 11.8. The zero-order valence-electron chi connectivity index (χ0n) is 18.1. The van der Waals surface area contributed by atoms with Crippen molar-refractivity contribution in [3.63, 3.8) is 0 Å². The lowest BCUT2D eigenvalue weighted by Crippen LogP contribution is -2.56. The Labute approximate surface area is 175 Å². The van der Waals surface area contributed by atoms with Crippen LogP contribution in [0.15, 0.2) is 24.3 Å². The maximum absolute atomic E-state index is 10.6. The molecule has 3 heterocycles. The van der Waals surface area contributed by atoms with Gasteiger partial charge in [0.05, 0.1) is 12.1 Å². The molecule has 1 saturated carbocycles. The van der Waals surface area contributed by atoms with Gasteiger partial charge >= 0.3 is 0 Å². The minimum absolute atomic E-state index is 0.251. The molecule has 0 unspecified atom stereocenters. The zero-order valence-corrected chi connectivity index (χ0v) is 18.1. The van der Waals surface area contributed by atoms with Gasteiger partial charge in [-0.1, -0.05) is 37.5 Å². The number of para-hydroxylation sites is 1. The van der Waals surface area contributed by atoms with Gasteiger partial charge in [-0.05, 0) is 57.2 Å². The number of nitrogens with zero attached hydrogens (tertiary/aromatic N) is 2. The van der Waals surface area contributed by atoms with Crippen molar-refractivity contribution in [3.05, 3.63) is 35.5 Å². The van der Waals surface area contributed by atoms with Crippen LogP contribution in [0, 0.1) is 11.8 Å². The van der Waals surface area contributed by atoms with Crippen molar-refractivity contribution < 1.29 is 5.11 Å². The van der Waals surface area contributed by atoms with E-state index < -0.39 is 0 Å². The highest BCUT2D eigenvalue weighted by atomic mass is 16.3. The summed E-state index contributed by atoms with van der Waals surface area (Å²) in [5.41, 5.74) is 4.26. The monoisotopic (exact) mass is 395 g/mol. The summed E-state index contributed by atoms with van der Waals surface area (Å²) in [5.74, 6) is 1.18. The van der Waals surface area contributed by atoms with Crippen molar-refractivity contribution in [3.8, 4) is 0 Å². The maximum atomic E-state index is 10.6. The lowest BCUT2D eigenvalue weighted by molar-refractivity contribution is -0.0338. The summed E-state index contributed by atoms with van der Waals surface area (Å²) in [4.78, 5) is 9.03. The zero-order chi connectivity index (χ0) is 20.0. The van der Waals surface area contributed by atoms with Crippen LogP contribution in [0.5, 0.6) is 0 Å². The quantitative estimate of drug-likeness (QED) is 0.809. The lowest BCUT2D eigenvalue weighted by Gasteiger charge is -2.50. The van der Waals surface area contributed by atoms with Crippen LogP contribution in [-0.2, 0) is 6.42 Å². The Morgan fingerprint density at radius 1 is 1.21 bits per heavy atom. The van der Waals surface area contributed by atoms with E-state index in [1.807, 2.05) is 6.92 Å². The van der Waals surface area contributed by atoms with Crippen molar-refractivity contribution >= 4 is 10.9 Å². The van der Waals surface area contributed by atoms with Gasteiger partial charge in [0.2, 0.25) is 0 Å². The van der Waals surface area contributed by atoms with E-state index in [9.17, 15) is 5.11 Å². The number of piperidine rings is 1. The number of aromatic nitrogens is 1. The van der Waals surface area contributed by atoms with Crippen LogP contribution < -0.4 is 0 Å². The summed E-state index contributed by atoms with van der Waals surface area (Å²) in [6, 6.07) is 9.69. The van der Waals surface area contributed by atoms with E-state index in [-0.39, 0.29) is 6.10 Å². The highest BCUT2D eigenvalue weighted by molar-refractivity contribution is 5.85. The molecule has 2 aliphatic heterocycles. The number of fused-ring (bicyclic) bond motifs is 5. The van der Waals surface area contributed by atoms with Crippen LogP contribution in [-0.4, -0.2) is 58.7 Å². The lowest BCUT2D eigenvalue weighted by atomic mass is 9.79. The Hall–Kier alpha value is -1.36. The van der Waals surface area contributed by atoms with Gasteiger partial charge in [0.1, 0.15) is 0 Å². The predicted octanol–water partition coefficient (Wildman–Crippen LogP) is 4.35. The Balaban J connectivity index is 1.41. The van der Waals surface area contributed by atoms with Crippen LogP contribution in [0.1, 0.15) is 62.7 Å². The summed E-state index contributed by atoms with van der Waals surface area (Å²) in [6.45, 7) is 5.32. The maximum Gasteiger partial charge on any atom is 0.0567 e. The number of aliphatic hydroxyl groups excluding tert-OH is 1. The van der Waals surface area contributed by atoms with Crippen LogP contribution in [0.4, 0.5) is 0 Å². The summed E-state index contributed by atoms with van der Waals surface area (Å²) >= 11 is 0. The van der Waals surface area contributed by atoms with Gasteiger partial charge < -0.3 is 15.0 Å². The molecule has 2 fully saturated rings. The molecule has 4 atom stereocenters. The molecule has 0 bridgehead atoms. The molecule has 2 N–H and O–H groups in total. The molecule has 1 aromatic carbocycles. The van der Waals surface area contributed by atoms with Gasteiger partial charge in [-0.3, -0.25) is 4.90 Å². The van der Waals surface area contributed by atoms with Gasteiger partial charge in [0, 0.05) is 48.2 Å². The van der Waals surface area contributed by atoms with Gasteiger partial charge in [-0.2, -0.15) is 0 Å². The summed E-state index contributed by atoms with van der Waals surface area (Å²) in [5, 5.41) is 12.1. The standard InChI is InChI=1S/C25H37N3O/c1-17(29)21-16-28-13-12-20-19-10-6-7-11-22(19)26-25(20)24(28)14-23(21)27(2)15-18-8-4-3-5-9-18/h6-7,10-11,17-18,21,23-24,26,29H,3-5,8-9,12-16H2,1-2H3/t17-,21-,23-,24-/m0/s1. The molecule has 5 rings (SSSR count). The van der Waals surface area contributed by atoms with E-state index in [1.54, 1.807) is 0 Å². The van der Waals surface area contributed by atoms with Gasteiger partial charge in [0.25, 0.3) is 0 Å². The second kappa shape index (κ2) is 8.05. The molecule has 158 valence electrons. The molecule has 0 spiro atoms. The van der Waals surface area contributed by atoms with E-state index in [0.29, 0.717) is 18.0 Å². The van der Waals surface area contributed by atoms with Gasteiger partial charge in [-0.25, -0.2) is 0 Å². The topological polar surface area (TPSA) is 42.5 Å². The van der Waals surface area contributed by atoms with Crippen molar-refractivity contribution in [2.24, 2.45) is 11.8 Å². The smallest absolute Gasteiger partial charge is 0.0567 e. The van der Waals surface area contributed by atoms with E-state index in [0.717, 1.165) is 31.8 Å². The van der Waals surface area contributed by atoms with Crippen LogP contribution in [0.25, 0.3) is 10.9 Å². The van der Waals surface area contributed by atoms with E-state index in [4.69, 9.17) is 0 Å². The first-order chi connectivity index (χ1) is 14.1. The molecule has 29 heavy (non-hydrogen) atoms. The Morgan fingerprint density at radius 3 is 2.79 bits per heavy atom. The van der Waals surface area contributed by atoms with Crippen LogP contribution >= 0.6 is 0 Å². The number of nitrogens with one attached hydrogen (secondary N) is 1.